The second-order valence-corrected chi connectivity index (χ2v) is 6.18. The van der Waals surface area contributed by atoms with E-state index in [1.807, 2.05) is 0 Å². The van der Waals surface area contributed by atoms with Crippen molar-refractivity contribution in [1.82, 2.24) is 4.84 Å². The molecular formula is C13H30ClN2+. The molecule has 1 N–H and O–H groups in total. The van der Waals surface area contributed by atoms with Gasteiger partial charge in [-0.1, -0.05) is 26.7 Å². The Morgan fingerprint density at radius 3 is 1.81 bits per heavy atom. The van der Waals surface area contributed by atoms with E-state index in [-0.39, 0.29) is 5.54 Å². The minimum absolute atomic E-state index is 0.167. The van der Waals surface area contributed by atoms with Crippen molar-refractivity contribution >= 4 is 11.8 Å². The first kappa shape index (κ1) is 16.2. The summed E-state index contributed by atoms with van der Waals surface area (Å²) in [6, 6.07) is 0. The van der Waals surface area contributed by atoms with E-state index in [0.29, 0.717) is 0 Å². The normalized spacial score (nSPS) is 13.1. The molecule has 0 radical (unpaired) electrons. The van der Waals surface area contributed by atoms with Gasteiger partial charge in [0.25, 0.3) is 0 Å². The van der Waals surface area contributed by atoms with Crippen LogP contribution in [0.3, 0.4) is 0 Å². The fraction of sp³-hybridized carbons (Fsp3) is 1.00. The maximum Gasteiger partial charge on any atom is 0.0781 e. The van der Waals surface area contributed by atoms with E-state index in [4.69, 9.17) is 11.8 Å². The molecule has 0 unspecified atom stereocenters. The van der Waals surface area contributed by atoms with E-state index in [0.717, 1.165) is 4.48 Å². The molecule has 16 heavy (non-hydrogen) atoms. The summed E-state index contributed by atoms with van der Waals surface area (Å²) >= 11 is 5.98. The Kier molecular flexibility index (Phi) is 7.62. The first-order chi connectivity index (χ1) is 7.39. The maximum absolute atomic E-state index is 5.98. The fourth-order valence-electron chi connectivity index (χ4n) is 2.37. The fourth-order valence-corrected chi connectivity index (χ4v) is 2.65. The SMILES string of the molecule is CCCC(CCC)(CCC[N+](C)(C)C)NCl. The monoisotopic (exact) mass is 249 g/mol. The average Bonchev–Trinajstić information content (AvgIpc) is 2.16. The second-order valence-electron chi connectivity index (χ2n) is 5.99. The Balaban J connectivity index is 4.19. The quantitative estimate of drug-likeness (QED) is 0.487. The Morgan fingerprint density at radius 1 is 1.00 bits per heavy atom. The molecule has 0 atom stereocenters. The van der Waals surface area contributed by atoms with Gasteiger partial charge in [0.05, 0.1) is 27.7 Å². The lowest BCUT2D eigenvalue weighted by molar-refractivity contribution is -0.870. The van der Waals surface area contributed by atoms with E-state index in [2.05, 4.69) is 39.8 Å². The van der Waals surface area contributed by atoms with Crippen molar-refractivity contribution in [3.05, 3.63) is 0 Å². The minimum atomic E-state index is 0.167. The van der Waals surface area contributed by atoms with Gasteiger partial charge in [-0.05, 0) is 37.5 Å². The summed E-state index contributed by atoms with van der Waals surface area (Å²) in [5.41, 5.74) is 0.167. The molecule has 0 saturated heterocycles. The highest BCUT2D eigenvalue weighted by atomic mass is 35.5. The Labute approximate surface area is 107 Å². The van der Waals surface area contributed by atoms with Crippen molar-refractivity contribution in [3.8, 4) is 0 Å². The maximum atomic E-state index is 5.98. The zero-order chi connectivity index (χ0) is 12.7. The smallest absolute Gasteiger partial charge is 0.0781 e. The molecule has 0 aliphatic carbocycles. The van der Waals surface area contributed by atoms with Crippen LogP contribution in [-0.2, 0) is 0 Å². The van der Waals surface area contributed by atoms with E-state index in [1.165, 1.54) is 45.1 Å². The van der Waals surface area contributed by atoms with Crippen LogP contribution in [0.15, 0.2) is 0 Å². The van der Waals surface area contributed by atoms with Gasteiger partial charge in [0.15, 0.2) is 0 Å². The average molecular weight is 250 g/mol. The molecule has 0 aromatic rings. The second kappa shape index (κ2) is 7.52. The summed E-state index contributed by atoms with van der Waals surface area (Å²) in [5.74, 6) is 0. The van der Waals surface area contributed by atoms with Gasteiger partial charge < -0.3 is 4.48 Å². The molecule has 0 aromatic carbocycles. The number of nitrogens with one attached hydrogen (secondary N) is 1. The molecule has 3 heteroatoms. The molecule has 0 bridgehead atoms. The summed E-state index contributed by atoms with van der Waals surface area (Å²) < 4.78 is 1.04. The van der Waals surface area contributed by atoms with Crippen LogP contribution in [0.5, 0.6) is 0 Å². The van der Waals surface area contributed by atoms with Crippen LogP contribution in [0.25, 0.3) is 0 Å². The van der Waals surface area contributed by atoms with Crippen molar-refractivity contribution in [2.24, 2.45) is 0 Å². The summed E-state index contributed by atoms with van der Waals surface area (Å²) in [6.45, 7) is 5.69. The molecule has 0 amide bonds. The number of quaternary nitrogens is 1. The lowest BCUT2D eigenvalue weighted by Gasteiger charge is -2.33. The van der Waals surface area contributed by atoms with Crippen LogP contribution in [0.2, 0.25) is 0 Å². The topological polar surface area (TPSA) is 12.0 Å². The van der Waals surface area contributed by atoms with E-state index in [9.17, 15) is 0 Å². The summed E-state index contributed by atoms with van der Waals surface area (Å²) in [6.07, 6.45) is 7.19. The van der Waals surface area contributed by atoms with Gasteiger partial charge in [-0.25, -0.2) is 4.84 Å². The van der Waals surface area contributed by atoms with Gasteiger partial charge in [0, 0.05) is 5.54 Å². The molecule has 0 saturated carbocycles. The van der Waals surface area contributed by atoms with E-state index in [1.54, 1.807) is 0 Å². The largest absolute Gasteiger partial charge is 0.331 e. The molecule has 0 fully saturated rings. The zero-order valence-corrected chi connectivity index (χ0v) is 12.5. The van der Waals surface area contributed by atoms with Gasteiger partial charge in [0.1, 0.15) is 0 Å². The number of hydrogen-bond donors (Lipinski definition) is 1. The predicted octanol–water partition coefficient (Wildman–Crippen LogP) is 3.56. The first-order valence-corrected chi connectivity index (χ1v) is 6.95. The predicted molar refractivity (Wildman–Crippen MR) is 73.7 cm³/mol. The van der Waals surface area contributed by atoms with Crippen molar-refractivity contribution < 1.29 is 4.48 Å². The molecule has 2 nitrogen and oxygen atoms in total. The molecule has 0 aliphatic heterocycles. The standard InChI is InChI=1S/C13H30ClN2/c1-6-9-13(15-14,10-7-2)11-8-12-16(3,4)5/h15H,6-12H2,1-5H3/q+1. The highest BCUT2D eigenvalue weighted by molar-refractivity contribution is 6.13. The Morgan fingerprint density at radius 2 is 1.50 bits per heavy atom. The van der Waals surface area contributed by atoms with Crippen molar-refractivity contribution in [2.75, 3.05) is 27.7 Å². The van der Waals surface area contributed by atoms with Gasteiger partial charge in [-0.3, -0.25) is 0 Å². The van der Waals surface area contributed by atoms with E-state index < -0.39 is 0 Å². The molecule has 98 valence electrons. The summed E-state index contributed by atoms with van der Waals surface area (Å²) in [7, 11) is 6.74. The van der Waals surface area contributed by atoms with Crippen LogP contribution < -0.4 is 4.84 Å². The third-order valence-corrected chi connectivity index (χ3v) is 3.54. The van der Waals surface area contributed by atoms with Crippen molar-refractivity contribution in [1.29, 1.82) is 0 Å². The van der Waals surface area contributed by atoms with Gasteiger partial charge >= 0.3 is 0 Å². The Bertz CT molecular complexity index is 169. The zero-order valence-electron chi connectivity index (χ0n) is 11.8. The molecule has 0 aromatic heterocycles. The van der Waals surface area contributed by atoms with Crippen LogP contribution in [0, 0.1) is 0 Å². The summed E-state index contributed by atoms with van der Waals surface area (Å²) in [5, 5.41) is 0. The molecule has 0 rings (SSSR count). The van der Waals surface area contributed by atoms with Crippen LogP contribution in [0.4, 0.5) is 0 Å². The molecule has 0 heterocycles. The first-order valence-electron chi connectivity index (χ1n) is 6.57. The molecule has 0 spiro atoms. The molecular weight excluding hydrogens is 220 g/mol. The Hall–Kier alpha value is 0.210. The lowest BCUT2D eigenvalue weighted by atomic mass is 9.85. The highest BCUT2D eigenvalue weighted by Gasteiger charge is 2.27. The van der Waals surface area contributed by atoms with Crippen LogP contribution in [0.1, 0.15) is 52.4 Å². The minimum Gasteiger partial charge on any atom is -0.331 e. The third-order valence-electron chi connectivity index (χ3n) is 3.14. The van der Waals surface area contributed by atoms with Crippen LogP contribution >= 0.6 is 11.8 Å². The van der Waals surface area contributed by atoms with Gasteiger partial charge in [0.2, 0.25) is 0 Å². The summed E-state index contributed by atoms with van der Waals surface area (Å²) in [4.78, 5) is 3.07. The van der Waals surface area contributed by atoms with Crippen LogP contribution in [-0.4, -0.2) is 37.7 Å². The number of hydrogen-bond acceptors (Lipinski definition) is 1. The van der Waals surface area contributed by atoms with Gasteiger partial charge in [-0.2, -0.15) is 0 Å². The van der Waals surface area contributed by atoms with Crippen molar-refractivity contribution in [2.45, 2.75) is 57.9 Å². The molecule has 0 aliphatic rings. The number of nitrogens with zero attached hydrogens (tertiary/aromatic N) is 1. The number of halogens is 1. The highest BCUT2D eigenvalue weighted by Crippen LogP contribution is 2.26. The van der Waals surface area contributed by atoms with Crippen molar-refractivity contribution in [3.63, 3.8) is 0 Å². The van der Waals surface area contributed by atoms with E-state index >= 15 is 0 Å². The number of rotatable bonds is 9. The van der Waals surface area contributed by atoms with Gasteiger partial charge in [-0.15, -0.1) is 0 Å². The third kappa shape index (κ3) is 6.72. The lowest BCUT2D eigenvalue weighted by Crippen LogP contribution is -2.42.